The summed E-state index contributed by atoms with van der Waals surface area (Å²) >= 11 is 0. The molecule has 1 aliphatic rings. The number of carbonyl (C=O) groups is 12. The highest BCUT2D eigenvalue weighted by Crippen LogP contribution is 2.30. The maximum absolute atomic E-state index is 15.5. The van der Waals surface area contributed by atoms with Crippen LogP contribution >= 0.6 is 0 Å². The van der Waals surface area contributed by atoms with Gasteiger partial charge in [0.05, 0.1) is 37.9 Å². The maximum atomic E-state index is 15.5. The number of nitrogens with one attached hydrogen (secondary N) is 2. The topological polar surface area (TPSA) is 307 Å². The standard InChI is InChI=1S/C75H126N10O14/c1-24-54-41-63(88)66(67(90)50(14)26-25-27-53-28-30-55(31-29-53)69(92)77-33-35-99-34-32-76)85(23)75(98)65(49(12)13)84(22)74(97)60(39-47(8)9)83(21)73(96)59(38-46(6)7)82(20)70(93)52(16)78-68(91)51(15)40-61(86)58(37-45(4)5)81(19)72(95)56(48(10)11)42-62(87)57(36-44(2)3)80(18)64(89)43-79(17)71(54)94/h25,27-31,44-52,54,56-60,65-67,90H,24,26,32-43,76H2,1-23H3,(H,77,92)(H,78,91)/b27-25+/t50-,51?,52-,54-,56?,57+,58+,59+,60?,65+,66-,67-/m1/s1. The van der Waals surface area contributed by atoms with Gasteiger partial charge in [-0.1, -0.05) is 128 Å². The van der Waals surface area contributed by atoms with Crippen LogP contribution in [0.15, 0.2) is 30.3 Å². The first-order valence-corrected chi connectivity index (χ1v) is 35.8. The third-order valence-corrected chi connectivity index (χ3v) is 19.1. The molecule has 1 saturated heterocycles. The largest absolute Gasteiger partial charge is 0.390 e. The van der Waals surface area contributed by atoms with E-state index in [0.29, 0.717) is 31.9 Å². The average molecular weight is 1390 g/mol. The van der Waals surface area contributed by atoms with Crippen LogP contribution in [-0.2, 0) is 57.5 Å². The normalized spacial score (nSPS) is 24.9. The van der Waals surface area contributed by atoms with Crippen LogP contribution in [0.25, 0.3) is 6.08 Å². The molecule has 1 fully saturated rings. The number of allylic oxidation sites excluding steroid dienone is 1. The van der Waals surface area contributed by atoms with Gasteiger partial charge in [-0.2, -0.15) is 0 Å². The molecule has 3 unspecified atom stereocenters. The van der Waals surface area contributed by atoms with E-state index in [1.807, 2.05) is 55.4 Å². The summed E-state index contributed by atoms with van der Waals surface area (Å²) in [5.74, 6) is -11.8. The molecule has 5 N–H and O–H groups in total. The Labute approximate surface area is 592 Å². The van der Waals surface area contributed by atoms with E-state index in [0.717, 1.165) is 10.5 Å². The Hall–Kier alpha value is -6.92. The molecule has 1 aromatic rings. The quantitative estimate of drug-likeness (QED) is 0.0915. The Bertz CT molecular complexity index is 2900. The molecule has 0 aromatic heterocycles. The molecule has 0 radical (unpaired) electrons. The molecular formula is C75H126N10O14. The summed E-state index contributed by atoms with van der Waals surface area (Å²) in [5, 5.41) is 18.1. The first-order valence-electron chi connectivity index (χ1n) is 35.8. The van der Waals surface area contributed by atoms with Crippen molar-refractivity contribution in [2.45, 2.75) is 217 Å². The fourth-order valence-electron chi connectivity index (χ4n) is 12.9. The minimum atomic E-state index is -1.59. The Kier molecular flexibility index (Phi) is 37.2. The number of benzene rings is 1. The summed E-state index contributed by atoms with van der Waals surface area (Å²) in [6, 6.07) is -1.57. The van der Waals surface area contributed by atoms with Gasteiger partial charge in [0.1, 0.15) is 30.2 Å². The second-order valence-electron chi connectivity index (χ2n) is 30.1. The van der Waals surface area contributed by atoms with Crippen molar-refractivity contribution in [1.82, 2.24) is 44.9 Å². The number of carbonyl (C=O) groups excluding carboxylic acids is 12. The van der Waals surface area contributed by atoms with Crippen LogP contribution in [0.5, 0.6) is 0 Å². The van der Waals surface area contributed by atoms with E-state index < -0.39 is 161 Å². The second-order valence-corrected chi connectivity index (χ2v) is 30.1. The summed E-state index contributed by atoms with van der Waals surface area (Å²) in [4.78, 5) is 184. The first kappa shape index (κ1) is 88.2. The van der Waals surface area contributed by atoms with Gasteiger partial charge in [0.2, 0.25) is 47.3 Å². The zero-order valence-electron chi connectivity index (χ0n) is 64.2. The summed E-state index contributed by atoms with van der Waals surface area (Å²) in [6.07, 6.45) is 2.00. The van der Waals surface area contributed by atoms with Crippen molar-refractivity contribution in [2.24, 2.45) is 64.9 Å². The van der Waals surface area contributed by atoms with Gasteiger partial charge >= 0.3 is 0 Å². The summed E-state index contributed by atoms with van der Waals surface area (Å²) in [6.45, 7) is 29.5. The molecule has 560 valence electrons. The number of amides is 9. The molecule has 24 nitrogen and oxygen atoms in total. The Morgan fingerprint density at radius 1 is 0.576 bits per heavy atom. The van der Waals surface area contributed by atoms with Crippen molar-refractivity contribution < 1.29 is 67.4 Å². The third kappa shape index (κ3) is 26.2. The van der Waals surface area contributed by atoms with E-state index in [9.17, 15) is 43.5 Å². The molecular weight excluding hydrogens is 1260 g/mol. The number of aliphatic hydroxyl groups excluding tert-OH is 1. The van der Waals surface area contributed by atoms with Gasteiger partial charge in [0.25, 0.3) is 5.91 Å². The average Bonchev–Trinajstić information content (AvgIpc) is 0.805. The van der Waals surface area contributed by atoms with E-state index >= 15 is 19.2 Å². The van der Waals surface area contributed by atoms with E-state index in [1.54, 1.807) is 84.9 Å². The lowest BCUT2D eigenvalue weighted by atomic mass is 9.84. The third-order valence-electron chi connectivity index (χ3n) is 19.1. The number of nitrogens with two attached hydrogens (primary N) is 1. The number of hydrogen-bond acceptors (Lipinski definition) is 15. The predicted octanol–water partition coefficient (Wildman–Crippen LogP) is 6.38. The Morgan fingerprint density at radius 3 is 1.55 bits per heavy atom. The summed E-state index contributed by atoms with van der Waals surface area (Å²) < 4.78 is 5.35. The van der Waals surface area contributed by atoms with Crippen LogP contribution in [0.2, 0.25) is 0 Å². The highest BCUT2D eigenvalue weighted by Gasteiger charge is 2.46. The number of ether oxygens (including phenoxy) is 1. The maximum Gasteiger partial charge on any atom is 0.251 e. The number of nitrogens with zero attached hydrogens (tertiary/aromatic N) is 7. The molecule has 24 heteroatoms. The molecule has 9 amide bonds. The predicted molar refractivity (Wildman–Crippen MR) is 385 cm³/mol. The zero-order chi connectivity index (χ0) is 75.8. The highest BCUT2D eigenvalue weighted by molar-refractivity contribution is 6.00. The zero-order valence-corrected chi connectivity index (χ0v) is 64.2. The highest BCUT2D eigenvalue weighted by atomic mass is 16.5. The molecule has 99 heavy (non-hydrogen) atoms. The van der Waals surface area contributed by atoms with Crippen molar-refractivity contribution in [3.63, 3.8) is 0 Å². The van der Waals surface area contributed by atoms with Gasteiger partial charge in [0.15, 0.2) is 17.3 Å². The fraction of sp³-hybridized carbons (Fsp3) is 0.733. The molecule has 0 saturated carbocycles. The lowest BCUT2D eigenvalue weighted by Gasteiger charge is -2.41. The summed E-state index contributed by atoms with van der Waals surface area (Å²) in [5.41, 5.74) is 6.64. The van der Waals surface area contributed by atoms with E-state index in [-0.39, 0.29) is 80.9 Å². The van der Waals surface area contributed by atoms with E-state index in [4.69, 9.17) is 10.5 Å². The number of aliphatic hydroxyl groups is 1. The number of hydrogen-bond donors (Lipinski definition) is 4. The Balaban J connectivity index is 2.96. The molecule has 12 atom stereocenters. The molecule has 1 heterocycles. The fourth-order valence-corrected chi connectivity index (χ4v) is 12.9. The van der Waals surface area contributed by atoms with Crippen LogP contribution in [0.4, 0.5) is 0 Å². The smallest absolute Gasteiger partial charge is 0.251 e. The minimum Gasteiger partial charge on any atom is -0.390 e. The number of rotatable bonds is 22. The Morgan fingerprint density at radius 2 is 1.05 bits per heavy atom. The SMILES string of the molecule is CC[C@@H]1CC(=O)[C@H]([C@H](O)[C@H](C)C/C=C/c2ccc(C(=O)NCCOCCN)cc2)N(C)C(=O)[C@H](C(C)C)N(C)C(=O)C(CC(C)C)N(C)C(=O)[C@H](CC(C)C)N(C)C(=O)[C@@H](C)NC(=O)C(C)CC(=O)[C@H](CC(C)C)N(C)C(=O)C(C(C)C)CC(=O)[C@H](CC(C)C)N(C)C(=O)CN(C)C1=O. The van der Waals surface area contributed by atoms with Crippen molar-refractivity contribution >= 4 is 76.6 Å². The second kappa shape index (κ2) is 41.7. The van der Waals surface area contributed by atoms with Gasteiger partial charge in [-0.05, 0) is 105 Å². The van der Waals surface area contributed by atoms with Crippen LogP contribution in [0.1, 0.15) is 184 Å². The van der Waals surface area contributed by atoms with Crippen LogP contribution in [0, 0.1) is 59.2 Å². The molecule has 1 aromatic carbocycles. The van der Waals surface area contributed by atoms with Crippen molar-refractivity contribution in [3.8, 4) is 0 Å². The molecule has 0 spiro atoms. The van der Waals surface area contributed by atoms with Gasteiger partial charge in [-0.15, -0.1) is 0 Å². The lowest BCUT2D eigenvalue weighted by molar-refractivity contribution is -0.157. The number of ketones is 3. The van der Waals surface area contributed by atoms with E-state index in [1.165, 1.54) is 85.7 Å². The first-order chi connectivity index (χ1) is 46.1. The molecule has 1 aliphatic heterocycles. The van der Waals surface area contributed by atoms with E-state index in [2.05, 4.69) is 10.6 Å². The van der Waals surface area contributed by atoms with Gasteiger partial charge < -0.3 is 60.5 Å². The van der Waals surface area contributed by atoms with Gasteiger partial charge in [0, 0.05) is 105 Å². The lowest BCUT2D eigenvalue weighted by Crippen LogP contribution is -2.61. The monoisotopic (exact) mass is 1390 g/mol. The van der Waals surface area contributed by atoms with Crippen LogP contribution in [-0.4, -0.2) is 240 Å². The number of Topliss-reactive ketones (excluding diaryl/α,β-unsaturated/α-hetero) is 3. The molecule has 2 rings (SSSR count). The van der Waals surface area contributed by atoms with Gasteiger partial charge in [-0.3, -0.25) is 57.5 Å². The number of likely N-dealkylation sites (N-methyl/N-ethyl adjacent to an activating group) is 7. The molecule has 0 bridgehead atoms. The summed E-state index contributed by atoms with van der Waals surface area (Å²) in [7, 11) is 10.1. The molecule has 0 aliphatic carbocycles. The van der Waals surface area contributed by atoms with Crippen molar-refractivity contribution in [1.29, 1.82) is 0 Å². The minimum absolute atomic E-state index is 0.0823. The van der Waals surface area contributed by atoms with Crippen LogP contribution in [0.3, 0.4) is 0 Å². The van der Waals surface area contributed by atoms with Crippen molar-refractivity contribution in [2.75, 3.05) is 82.2 Å². The van der Waals surface area contributed by atoms with Crippen LogP contribution < -0.4 is 16.4 Å². The van der Waals surface area contributed by atoms with Gasteiger partial charge in [-0.25, -0.2) is 0 Å². The van der Waals surface area contributed by atoms with Crippen molar-refractivity contribution in [3.05, 3.63) is 41.5 Å².